The molecule has 3 rings (SSSR count). The van der Waals surface area contributed by atoms with Gasteiger partial charge in [0.25, 0.3) is 0 Å². The third kappa shape index (κ3) is 10.7. The summed E-state index contributed by atoms with van der Waals surface area (Å²) in [7, 11) is 0. The summed E-state index contributed by atoms with van der Waals surface area (Å²) in [6.45, 7) is 16.9. The van der Waals surface area contributed by atoms with Gasteiger partial charge in [-0.15, -0.1) is 0 Å². The maximum atomic E-state index is 12.2. The van der Waals surface area contributed by atoms with Crippen LogP contribution in [0.5, 0.6) is 0 Å². The normalized spacial score (nSPS) is 19.7. The van der Waals surface area contributed by atoms with Gasteiger partial charge in [-0.25, -0.2) is 0 Å². The van der Waals surface area contributed by atoms with Gasteiger partial charge in [-0.05, 0) is 12.1 Å². The molecule has 0 unspecified atom stereocenters. The summed E-state index contributed by atoms with van der Waals surface area (Å²) in [5.41, 5.74) is 3.32. The minimum atomic E-state index is -0.141. The van der Waals surface area contributed by atoms with Gasteiger partial charge in [0, 0.05) is 119 Å². The highest BCUT2D eigenvalue weighted by atomic mass is 16.2. The molecule has 0 bridgehead atoms. The topological polar surface area (TPSA) is 137 Å². The Morgan fingerprint density at radius 1 is 0.526 bits per heavy atom. The molecule has 2 aliphatic heterocycles. The molecule has 0 radical (unpaired) electrons. The predicted octanol–water partition coefficient (Wildman–Crippen LogP) is -1.22. The molecule has 1 aromatic rings. The smallest absolute Gasteiger partial charge is 0.221 e. The zero-order valence-electron chi connectivity index (χ0n) is 23.2. The van der Waals surface area contributed by atoms with E-state index in [2.05, 4.69) is 58.4 Å². The van der Waals surface area contributed by atoms with Gasteiger partial charge in [0.1, 0.15) is 0 Å². The summed E-state index contributed by atoms with van der Waals surface area (Å²) in [6.07, 6.45) is 0. The Bertz CT molecular complexity index is 779. The number of nitrogens with zero attached hydrogens (tertiary/aromatic N) is 2. The molecule has 2 aliphatic rings. The first-order valence-electron chi connectivity index (χ1n) is 14.0. The highest BCUT2D eigenvalue weighted by molar-refractivity contribution is 6.00. The molecule has 2 heterocycles. The van der Waals surface area contributed by atoms with Gasteiger partial charge < -0.3 is 52.3 Å². The average molecular weight is 533 g/mol. The van der Waals surface area contributed by atoms with Crippen molar-refractivity contribution in [2.24, 2.45) is 0 Å². The van der Waals surface area contributed by atoms with E-state index in [4.69, 9.17) is 0 Å². The van der Waals surface area contributed by atoms with Crippen LogP contribution in [0, 0.1) is 0 Å². The Morgan fingerprint density at radius 2 is 0.816 bits per heavy atom. The van der Waals surface area contributed by atoms with Crippen LogP contribution in [0.4, 0.5) is 22.7 Å². The maximum absolute atomic E-state index is 12.2. The van der Waals surface area contributed by atoms with E-state index in [0.29, 0.717) is 11.4 Å². The number of carbonyl (C=O) groups excluding carboxylic acids is 2. The number of rotatable bonds is 4. The monoisotopic (exact) mass is 532 g/mol. The quantitative estimate of drug-likeness (QED) is 0.238. The number of carbonyl (C=O) groups is 2. The zero-order valence-corrected chi connectivity index (χ0v) is 23.2. The molecule has 0 atom stereocenters. The van der Waals surface area contributed by atoms with Crippen LogP contribution in [0.2, 0.25) is 0 Å². The van der Waals surface area contributed by atoms with Crippen LogP contribution < -0.4 is 52.3 Å². The third-order valence-electron chi connectivity index (χ3n) is 6.56. The van der Waals surface area contributed by atoms with Gasteiger partial charge >= 0.3 is 0 Å². The van der Waals surface area contributed by atoms with E-state index in [-0.39, 0.29) is 11.8 Å². The lowest BCUT2D eigenvalue weighted by Gasteiger charge is -2.33. The molecule has 2 fully saturated rings. The van der Waals surface area contributed by atoms with Crippen molar-refractivity contribution in [3.05, 3.63) is 12.1 Å². The van der Waals surface area contributed by atoms with Gasteiger partial charge in [0.15, 0.2) is 0 Å². The number of hydrogen-bond donors (Lipinski definition) is 8. The maximum Gasteiger partial charge on any atom is 0.221 e. The number of anilines is 4. The summed E-state index contributed by atoms with van der Waals surface area (Å²) >= 11 is 0. The standard InChI is InChI=1S/C26H48N10O2/c1-21(37)33-23-19-24(34-22(2)38)26(36-17-13-31-9-5-28-6-10-32-14-18-36)20-25(23)35-15-11-29-7-3-27-4-8-30-12-16-35/h19-20,27-32H,3-18H2,1-2H3,(H,33,37)(H,34,38). The van der Waals surface area contributed by atoms with Crippen molar-refractivity contribution >= 4 is 34.6 Å². The number of benzene rings is 1. The van der Waals surface area contributed by atoms with E-state index < -0.39 is 0 Å². The zero-order chi connectivity index (χ0) is 27.0. The fourth-order valence-electron chi connectivity index (χ4n) is 4.70. The van der Waals surface area contributed by atoms with Crippen molar-refractivity contribution in [3.63, 3.8) is 0 Å². The molecule has 1 aromatic carbocycles. The predicted molar refractivity (Wildman–Crippen MR) is 157 cm³/mol. The van der Waals surface area contributed by atoms with Crippen molar-refractivity contribution in [2.75, 3.05) is 125 Å². The van der Waals surface area contributed by atoms with E-state index in [1.165, 1.54) is 13.8 Å². The van der Waals surface area contributed by atoms with E-state index in [1.807, 2.05) is 6.07 Å². The van der Waals surface area contributed by atoms with Crippen molar-refractivity contribution in [3.8, 4) is 0 Å². The molecular formula is C26H48N10O2. The Labute approximate surface area is 227 Å². The number of hydrogen-bond acceptors (Lipinski definition) is 10. The van der Waals surface area contributed by atoms with Gasteiger partial charge in [-0.2, -0.15) is 0 Å². The third-order valence-corrected chi connectivity index (χ3v) is 6.56. The summed E-state index contributed by atoms with van der Waals surface area (Å²) in [5, 5.41) is 27.0. The van der Waals surface area contributed by atoms with Crippen LogP contribution in [0.1, 0.15) is 13.8 Å². The molecule has 0 aliphatic carbocycles. The molecule has 0 aromatic heterocycles. The van der Waals surface area contributed by atoms with E-state index in [0.717, 1.165) is 116 Å². The SMILES string of the molecule is CC(=O)Nc1cc(NC(C)=O)c(N2CCNCCNCCNCC2)cc1N1CCNCCNCCNCC1. The Kier molecular flexibility index (Phi) is 13.6. The second kappa shape index (κ2) is 17.2. The Hall–Kier alpha value is -2.48. The Morgan fingerprint density at radius 3 is 1.11 bits per heavy atom. The Balaban J connectivity index is 1.97. The second-order valence-corrected chi connectivity index (χ2v) is 9.72. The summed E-state index contributed by atoms with van der Waals surface area (Å²) in [5.74, 6) is -0.282. The first-order chi connectivity index (χ1) is 18.5. The van der Waals surface area contributed by atoms with Gasteiger partial charge in [0.05, 0.1) is 22.7 Å². The van der Waals surface area contributed by atoms with Gasteiger partial charge in [0.2, 0.25) is 11.8 Å². The number of nitrogens with one attached hydrogen (secondary N) is 8. The molecular weight excluding hydrogens is 484 g/mol. The van der Waals surface area contributed by atoms with Crippen molar-refractivity contribution in [1.82, 2.24) is 31.9 Å². The van der Waals surface area contributed by atoms with Crippen molar-refractivity contribution in [2.45, 2.75) is 13.8 Å². The first-order valence-corrected chi connectivity index (χ1v) is 14.0. The minimum absolute atomic E-state index is 0.141. The molecule has 12 heteroatoms. The fourth-order valence-corrected chi connectivity index (χ4v) is 4.70. The lowest BCUT2D eigenvalue weighted by Crippen LogP contribution is -2.43. The highest BCUT2D eigenvalue weighted by Gasteiger charge is 2.21. The van der Waals surface area contributed by atoms with E-state index in [9.17, 15) is 9.59 Å². The van der Waals surface area contributed by atoms with Crippen LogP contribution in [0.25, 0.3) is 0 Å². The van der Waals surface area contributed by atoms with Gasteiger partial charge in [-0.3, -0.25) is 9.59 Å². The van der Waals surface area contributed by atoms with Gasteiger partial charge in [-0.1, -0.05) is 0 Å². The average Bonchev–Trinajstić information content (AvgIpc) is 2.85. The molecule has 2 saturated heterocycles. The first kappa shape index (κ1) is 30.1. The lowest BCUT2D eigenvalue weighted by atomic mass is 10.1. The van der Waals surface area contributed by atoms with E-state index in [1.54, 1.807) is 0 Å². The van der Waals surface area contributed by atoms with Crippen molar-refractivity contribution < 1.29 is 9.59 Å². The van der Waals surface area contributed by atoms with Crippen LogP contribution >= 0.6 is 0 Å². The molecule has 38 heavy (non-hydrogen) atoms. The molecule has 2 amide bonds. The van der Waals surface area contributed by atoms with Crippen LogP contribution in [0.15, 0.2) is 12.1 Å². The largest absolute Gasteiger partial charge is 0.367 e. The highest BCUT2D eigenvalue weighted by Crippen LogP contribution is 2.38. The summed E-state index contributed by atoms with van der Waals surface area (Å²) in [4.78, 5) is 29.1. The molecule has 12 nitrogen and oxygen atoms in total. The lowest BCUT2D eigenvalue weighted by molar-refractivity contribution is -0.115. The molecule has 0 saturated carbocycles. The van der Waals surface area contributed by atoms with Crippen LogP contribution in [-0.2, 0) is 9.59 Å². The summed E-state index contributed by atoms with van der Waals surface area (Å²) in [6, 6.07) is 4.05. The summed E-state index contributed by atoms with van der Waals surface area (Å²) < 4.78 is 0. The minimum Gasteiger partial charge on any atom is -0.367 e. The van der Waals surface area contributed by atoms with Crippen LogP contribution in [0.3, 0.4) is 0 Å². The van der Waals surface area contributed by atoms with Crippen molar-refractivity contribution in [1.29, 1.82) is 0 Å². The van der Waals surface area contributed by atoms with Crippen LogP contribution in [-0.4, -0.2) is 117 Å². The van der Waals surface area contributed by atoms with E-state index >= 15 is 0 Å². The molecule has 8 N–H and O–H groups in total. The fraction of sp³-hybridized carbons (Fsp3) is 0.692. The molecule has 214 valence electrons. The molecule has 0 spiro atoms. The number of amides is 2. The second-order valence-electron chi connectivity index (χ2n) is 9.72.